The van der Waals surface area contributed by atoms with Crippen LogP contribution in [0.5, 0.6) is 0 Å². The number of hydrogen-bond acceptors (Lipinski definition) is 7. The number of rotatable bonds is 11. The molecule has 1 saturated heterocycles. The summed E-state index contributed by atoms with van der Waals surface area (Å²) in [4.78, 5) is 20.1. The molecule has 2 heterocycles. The molecular weight excluding hydrogens is 458 g/mol. The fraction of sp³-hybridized carbons (Fsp3) is 0.643. The van der Waals surface area contributed by atoms with Gasteiger partial charge >= 0.3 is 0 Å². The van der Waals surface area contributed by atoms with Crippen LogP contribution in [0.25, 0.3) is 5.70 Å². The third kappa shape index (κ3) is 7.87. The zero-order valence-corrected chi connectivity index (χ0v) is 22.9. The Hall–Kier alpha value is -2.26. The number of aryl methyl sites for hydroxylation is 1. The smallest absolute Gasteiger partial charge is 0.240 e. The number of nitrogens with zero attached hydrogens (tertiary/aromatic N) is 2. The Kier molecular flexibility index (Phi) is 12.6. The Balaban J connectivity index is 0.00000222. The highest BCUT2D eigenvalue weighted by Gasteiger charge is 2.42. The molecule has 1 aromatic carbocycles. The molecule has 1 amide bonds. The summed E-state index contributed by atoms with van der Waals surface area (Å²) in [6.07, 6.45) is 5.31. The van der Waals surface area contributed by atoms with Gasteiger partial charge in [0.2, 0.25) is 5.91 Å². The zero-order valence-electron chi connectivity index (χ0n) is 22.9. The molecule has 0 aromatic heterocycles. The van der Waals surface area contributed by atoms with Crippen molar-refractivity contribution in [2.24, 2.45) is 4.99 Å². The van der Waals surface area contributed by atoms with E-state index in [0.717, 1.165) is 42.8 Å². The van der Waals surface area contributed by atoms with Crippen LogP contribution in [0.4, 0.5) is 0 Å². The first-order chi connectivity index (χ1) is 17.4. The lowest BCUT2D eigenvalue weighted by atomic mass is 9.89. The summed E-state index contributed by atoms with van der Waals surface area (Å²) in [6, 6.07) is 8.26. The summed E-state index contributed by atoms with van der Waals surface area (Å²) >= 11 is 0. The second kappa shape index (κ2) is 15.1. The Morgan fingerprint density at radius 2 is 1.89 bits per heavy atom. The number of ether oxygens (including phenoxy) is 3. The van der Waals surface area contributed by atoms with E-state index >= 15 is 0 Å². The van der Waals surface area contributed by atoms with E-state index in [9.17, 15) is 9.90 Å². The summed E-state index contributed by atoms with van der Waals surface area (Å²) in [5.41, 5.74) is 2.19. The van der Waals surface area contributed by atoms with Gasteiger partial charge in [-0.1, -0.05) is 63.4 Å². The van der Waals surface area contributed by atoms with Crippen LogP contribution < -0.4 is 5.32 Å². The van der Waals surface area contributed by atoms with E-state index < -0.39 is 18.1 Å². The van der Waals surface area contributed by atoms with Crippen molar-refractivity contribution in [3.05, 3.63) is 41.5 Å². The zero-order chi connectivity index (χ0) is 26.6. The number of hydrogen-bond donors (Lipinski definition) is 2. The number of nitrogens with one attached hydrogen (secondary N) is 1. The molecule has 3 rings (SSSR count). The van der Waals surface area contributed by atoms with Gasteiger partial charge < -0.3 is 29.5 Å². The first-order valence-electron chi connectivity index (χ1n) is 13.2. The lowest BCUT2D eigenvalue weighted by Gasteiger charge is -2.41. The van der Waals surface area contributed by atoms with Gasteiger partial charge in [0.05, 0.1) is 11.2 Å². The summed E-state index contributed by atoms with van der Waals surface area (Å²) in [5, 5.41) is 13.5. The highest BCUT2D eigenvalue weighted by atomic mass is 16.6. The number of amidine groups is 1. The molecule has 202 valence electrons. The third-order valence-corrected chi connectivity index (χ3v) is 6.56. The standard InChI is InChI=1S/C26H39N3O5.C2H6/c1-5-6-7-8-22-27-21(20-11-9-19(2)10-12-20)17-24(32-3)29(22)18-23(30)28-26(25(31)33-4)13-15-34-16-14-26;1-2/h9-12,17,24-25,31H,5-8,13-16,18H2,1-4H3,(H,28,30);1-2H3. The molecule has 0 bridgehead atoms. The SMILES string of the molecule is CC.CCCCCC1=NC(c2ccc(C)cc2)=CC(OC)N1CC(=O)NC1(C(O)OC)CCOCC1. The Morgan fingerprint density at radius 3 is 2.47 bits per heavy atom. The van der Waals surface area contributed by atoms with Crippen LogP contribution in [-0.2, 0) is 19.0 Å². The average Bonchev–Trinajstić information content (AvgIpc) is 2.91. The number of carbonyl (C=O) groups excluding carboxylic acids is 1. The predicted molar refractivity (Wildman–Crippen MR) is 144 cm³/mol. The molecule has 0 saturated carbocycles. The number of methoxy groups -OCH3 is 2. The van der Waals surface area contributed by atoms with Crippen molar-refractivity contribution in [3.8, 4) is 0 Å². The Labute approximate surface area is 216 Å². The van der Waals surface area contributed by atoms with Gasteiger partial charge in [0.25, 0.3) is 0 Å². The van der Waals surface area contributed by atoms with E-state index in [1.807, 2.05) is 24.8 Å². The number of benzene rings is 1. The van der Waals surface area contributed by atoms with Crippen LogP contribution in [0.2, 0.25) is 0 Å². The lowest BCUT2D eigenvalue weighted by molar-refractivity contribution is -0.165. The summed E-state index contributed by atoms with van der Waals surface area (Å²) in [7, 11) is 3.08. The number of aliphatic hydroxyl groups is 1. The normalized spacial score (nSPS) is 20.0. The van der Waals surface area contributed by atoms with Gasteiger partial charge in [0.1, 0.15) is 12.4 Å². The number of aliphatic hydroxyl groups excluding tert-OH is 1. The van der Waals surface area contributed by atoms with Crippen molar-refractivity contribution in [3.63, 3.8) is 0 Å². The van der Waals surface area contributed by atoms with E-state index in [1.54, 1.807) is 7.11 Å². The van der Waals surface area contributed by atoms with Crippen LogP contribution in [0, 0.1) is 6.92 Å². The minimum atomic E-state index is -1.11. The lowest BCUT2D eigenvalue weighted by Crippen LogP contribution is -2.62. The maximum atomic E-state index is 13.2. The van der Waals surface area contributed by atoms with Gasteiger partial charge in [0, 0.05) is 39.4 Å². The molecule has 2 unspecified atom stereocenters. The topological polar surface area (TPSA) is 92.6 Å². The third-order valence-electron chi connectivity index (χ3n) is 6.56. The second-order valence-corrected chi connectivity index (χ2v) is 9.06. The maximum absolute atomic E-state index is 13.2. The Bertz CT molecular complexity index is 862. The van der Waals surface area contributed by atoms with E-state index in [1.165, 1.54) is 12.7 Å². The molecule has 2 N–H and O–H groups in total. The molecule has 0 radical (unpaired) electrons. The maximum Gasteiger partial charge on any atom is 0.240 e. The first-order valence-corrected chi connectivity index (χ1v) is 13.2. The molecule has 1 aromatic rings. The summed E-state index contributed by atoms with van der Waals surface area (Å²) in [5.74, 6) is 0.622. The molecular formula is C28H45N3O5. The van der Waals surface area contributed by atoms with E-state index in [4.69, 9.17) is 19.2 Å². The fourth-order valence-electron chi connectivity index (χ4n) is 4.47. The fourth-order valence-corrected chi connectivity index (χ4v) is 4.47. The van der Waals surface area contributed by atoms with E-state index in [2.05, 4.69) is 43.4 Å². The van der Waals surface area contributed by atoms with Crippen LogP contribution >= 0.6 is 0 Å². The highest BCUT2D eigenvalue weighted by Crippen LogP contribution is 2.28. The van der Waals surface area contributed by atoms with Gasteiger partial charge in [-0.3, -0.25) is 4.79 Å². The van der Waals surface area contributed by atoms with Gasteiger partial charge in [-0.05, 0) is 32.3 Å². The van der Waals surface area contributed by atoms with Gasteiger partial charge in [0.15, 0.2) is 12.5 Å². The largest absolute Gasteiger partial charge is 0.381 e. The van der Waals surface area contributed by atoms with Crippen LogP contribution in [0.15, 0.2) is 35.3 Å². The van der Waals surface area contributed by atoms with Crippen molar-refractivity contribution >= 4 is 17.4 Å². The predicted octanol–water partition coefficient (Wildman–Crippen LogP) is 4.26. The molecule has 2 aliphatic heterocycles. The van der Waals surface area contributed by atoms with Gasteiger partial charge in [-0.25, -0.2) is 4.99 Å². The second-order valence-electron chi connectivity index (χ2n) is 9.06. The molecule has 1 fully saturated rings. The molecule has 8 nitrogen and oxygen atoms in total. The number of amides is 1. The van der Waals surface area contributed by atoms with Crippen LogP contribution in [-0.4, -0.2) is 73.8 Å². The van der Waals surface area contributed by atoms with Crippen molar-refractivity contribution in [2.45, 2.75) is 84.3 Å². The van der Waals surface area contributed by atoms with Crippen LogP contribution in [0.1, 0.15) is 70.4 Å². The monoisotopic (exact) mass is 503 g/mol. The van der Waals surface area contributed by atoms with Gasteiger partial charge in [-0.15, -0.1) is 0 Å². The quantitative estimate of drug-likeness (QED) is 0.346. The molecule has 36 heavy (non-hydrogen) atoms. The van der Waals surface area contributed by atoms with Crippen molar-refractivity contribution in [1.29, 1.82) is 0 Å². The first kappa shape index (κ1) is 30.0. The molecule has 0 spiro atoms. The minimum Gasteiger partial charge on any atom is -0.381 e. The highest BCUT2D eigenvalue weighted by molar-refractivity contribution is 5.93. The van der Waals surface area contributed by atoms with Crippen LogP contribution in [0.3, 0.4) is 0 Å². The number of unbranched alkanes of at least 4 members (excludes halogenated alkanes) is 2. The molecule has 8 heteroatoms. The summed E-state index contributed by atoms with van der Waals surface area (Å²) in [6.45, 7) is 9.20. The average molecular weight is 504 g/mol. The van der Waals surface area contributed by atoms with E-state index in [-0.39, 0.29) is 12.5 Å². The summed E-state index contributed by atoms with van der Waals surface area (Å²) < 4.78 is 16.4. The van der Waals surface area contributed by atoms with Crippen molar-refractivity contribution in [1.82, 2.24) is 10.2 Å². The molecule has 2 atom stereocenters. The molecule has 2 aliphatic rings. The Morgan fingerprint density at radius 1 is 1.22 bits per heavy atom. The molecule has 0 aliphatic carbocycles. The van der Waals surface area contributed by atoms with Gasteiger partial charge in [-0.2, -0.15) is 0 Å². The van der Waals surface area contributed by atoms with Crippen molar-refractivity contribution in [2.75, 3.05) is 34.0 Å². The van der Waals surface area contributed by atoms with E-state index in [0.29, 0.717) is 26.1 Å². The van der Waals surface area contributed by atoms with Crippen molar-refractivity contribution < 1.29 is 24.1 Å². The number of aliphatic imine (C=N–C) groups is 1. The minimum absolute atomic E-state index is 0.0696. The number of carbonyl (C=O) groups is 1.